The van der Waals surface area contributed by atoms with Crippen molar-refractivity contribution in [2.24, 2.45) is 11.8 Å². The third-order valence-corrected chi connectivity index (χ3v) is 4.59. The van der Waals surface area contributed by atoms with E-state index in [0.29, 0.717) is 22.3 Å². The van der Waals surface area contributed by atoms with Crippen molar-refractivity contribution in [3.63, 3.8) is 0 Å². The zero-order valence-corrected chi connectivity index (χ0v) is 19.9. The summed E-state index contributed by atoms with van der Waals surface area (Å²) < 4.78 is 0. The molecule has 0 bridgehead atoms. The molecule has 4 nitrogen and oxygen atoms in total. The van der Waals surface area contributed by atoms with Crippen LogP contribution in [0.4, 0.5) is 0 Å². The molecular formula is C26H32CuO4. The first-order valence-electron chi connectivity index (χ1n) is 10.1. The summed E-state index contributed by atoms with van der Waals surface area (Å²) in [6, 6.07) is 18.2. The molecule has 2 rings (SSSR count). The third-order valence-electron chi connectivity index (χ3n) is 4.59. The van der Waals surface area contributed by atoms with E-state index >= 15 is 0 Å². The minimum atomic E-state index is -0.0872. The van der Waals surface area contributed by atoms with Crippen LogP contribution < -0.4 is 0 Å². The van der Waals surface area contributed by atoms with E-state index in [1.54, 1.807) is 38.1 Å². The number of allylic oxidation sites excluding steroid dienone is 2. The fourth-order valence-electron chi connectivity index (χ4n) is 2.72. The Labute approximate surface area is 196 Å². The maximum atomic E-state index is 11.6. The summed E-state index contributed by atoms with van der Waals surface area (Å²) in [5.74, 6) is -0.0527. The van der Waals surface area contributed by atoms with Crippen LogP contribution in [0.25, 0.3) is 11.5 Å². The van der Waals surface area contributed by atoms with Gasteiger partial charge in [0.15, 0.2) is 11.6 Å². The largest absolute Gasteiger partial charge is 0.507 e. The number of Topliss-reactive ketones (excluding diaryl/α,β-unsaturated/α-hetero) is 2. The Kier molecular flexibility index (Phi) is 12.5. The van der Waals surface area contributed by atoms with E-state index in [9.17, 15) is 19.8 Å². The van der Waals surface area contributed by atoms with Crippen molar-refractivity contribution >= 4 is 23.1 Å². The molecule has 0 spiro atoms. The van der Waals surface area contributed by atoms with Crippen molar-refractivity contribution in [1.29, 1.82) is 0 Å². The molecule has 2 N–H and O–H groups in total. The Hall–Kier alpha value is -2.62. The van der Waals surface area contributed by atoms with Gasteiger partial charge in [0.1, 0.15) is 11.5 Å². The van der Waals surface area contributed by atoms with Gasteiger partial charge >= 0.3 is 0 Å². The number of aliphatic hydroxyl groups is 2. The molecule has 0 aromatic heterocycles. The van der Waals surface area contributed by atoms with Crippen LogP contribution in [0.1, 0.15) is 52.7 Å². The second-order valence-corrected chi connectivity index (χ2v) is 7.72. The van der Waals surface area contributed by atoms with E-state index < -0.39 is 0 Å². The van der Waals surface area contributed by atoms with Crippen molar-refractivity contribution < 1.29 is 36.9 Å². The van der Waals surface area contributed by atoms with Crippen LogP contribution in [0.3, 0.4) is 0 Å². The molecule has 0 aliphatic carbocycles. The summed E-state index contributed by atoms with van der Waals surface area (Å²) in [4.78, 5) is 23.3. The van der Waals surface area contributed by atoms with Gasteiger partial charge in [-0.1, -0.05) is 88.4 Å². The molecule has 171 valence electrons. The summed E-state index contributed by atoms with van der Waals surface area (Å²) in [6.07, 6.45) is 0. The normalized spacial score (nSPS) is 12.1. The van der Waals surface area contributed by atoms with E-state index in [4.69, 9.17) is 0 Å². The molecule has 0 fully saturated rings. The van der Waals surface area contributed by atoms with Gasteiger partial charge < -0.3 is 10.2 Å². The topological polar surface area (TPSA) is 74.6 Å². The Balaban J connectivity index is 0.000000562. The van der Waals surface area contributed by atoms with Crippen LogP contribution in [0.2, 0.25) is 0 Å². The zero-order chi connectivity index (χ0) is 22.8. The fourth-order valence-corrected chi connectivity index (χ4v) is 2.72. The number of hydrogen-bond donors (Lipinski definition) is 2. The molecule has 0 saturated carbocycles. The first-order chi connectivity index (χ1) is 14.1. The Morgan fingerprint density at radius 2 is 0.871 bits per heavy atom. The molecule has 0 amide bonds. The third kappa shape index (κ3) is 8.56. The summed E-state index contributed by atoms with van der Waals surface area (Å²) in [5.41, 5.74) is 2.22. The van der Waals surface area contributed by atoms with Crippen LogP contribution in [0, 0.1) is 11.8 Å². The maximum Gasteiger partial charge on any atom is 0.164 e. The maximum absolute atomic E-state index is 11.6. The molecule has 1 radical (unpaired) electrons. The number of ketones is 2. The summed E-state index contributed by atoms with van der Waals surface area (Å²) >= 11 is 0. The predicted octanol–water partition coefficient (Wildman–Crippen LogP) is 6.40. The number of hydrogen-bond acceptors (Lipinski definition) is 4. The van der Waals surface area contributed by atoms with Gasteiger partial charge in [0.2, 0.25) is 0 Å². The van der Waals surface area contributed by atoms with E-state index in [2.05, 4.69) is 0 Å². The minimum Gasteiger partial charge on any atom is -0.507 e. The van der Waals surface area contributed by atoms with Gasteiger partial charge in [-0.15, -0.1) is 0 Å². The second-order valence-electron chi connectivity index (χ2n) is 7.72. The quantitative estimate of drug-likeness (QED) is 0.290. The minimum absolute atomic E-state index is 0. The molecule has 0 aliphatic heterocycles. The number of benzene rings is 2. The summed E-state index contributed by atoms with van der Waals surface area (Å²) in [7, 11) is 0. The molecule has 2 aromatic rings. The molecule has 31 heavy (non-hydrogen) atoms. The van der Waals surface area contributed by atoms with Crippen molar-refractivity contribution in [2.45, 2.75) is 41.5 Å². The van der Waals surface area contributed by atoms with Gasteiger partial charge in [-0.05, 0) is 13.8 Å². The SMILES string of the molecule is C/C(C(=O)C(C)C)=C(/O)c1ccccc1.C/C(C(=O)C(C)C)=C(/O)c1ccccc1.[Cu]. The predicted molar refractivity (Wildman–Crippen MR) is 123 cm³/mol. The van der Waals surface area contributed by atoms with E-state index in [-0.39, 0.29) is 52.0 Å². The average molecular weight is 472 g/mol. The van der Waals surface area contributed by atoms with Gasteiger partial charge in [-0.2, -0.15) is 0 Å². The van der Waals surface area contributed by atoms with Crippen molar-refractivity contribution in [3.05, 3.63) is 82.9 Å². The first-order valence-corrected chi connectivity index (χ1v) is 10.1. The van der Waals surface area contributed by atoms with Crippen molar-refractivity contribution in [1.82, 2.24) is 0 Å². The second kappa shape index (κ2) is 13.6. The molecule has 0 unspecified atom stereocenters. The first kappa shape index (κ1) is 28.4. The molecule has 0 aliphatic rings. The Bertz CT molecular complexity index is 833. The molecule has 2 aromatic carbocycles. The number of carbonyl (C=O) groups is 2. The van der Waals surface area contributed by atoms with Gasteiger partial charge in [0, 0.05) is 51.2 Å². The van der Waals surface area contributed by atoms with Crippen LogP contribution >= 0.6 is 0 Å². The molecular weight excluding hydrogens is 440 g/mol. The molecule has 0 saturated heterocycles. The summed E-state index contributed by atoms with van der Waals surface area (Å²) in [6.45, 7) is 10.6. The van der Waals surface area contributed by atoms with Gasteiger partial charge in [-0.25, -0.2) is 0 Å². The molecule has 0 heterocycles. The van der Waals surface area contributed by atoms with E-state index in [1.807, 2.05) is 64.1 Å². The van der Waals surface area contributed by atoms with Crippen LogP contribution in [-0.4, -0.2) is 21.8 Å². The van der Waals surface area contributed by atoms with Crippen molar-refractivity contribution in [3.8, 4) is 0 Å². The van der Waals surface area contributed by atoms with Gasteiger partial charge in [0.25, 0.3) is 0 Å². The van der Waals surface area contributed by atoms with Crippen LogP contribution in [0.5, 0.6) is 0 Å². The fraction of sp³-hybridized carbons (Fsp3) is 0.308. The van der Waals surface area contributed by atoms with E-state index in [0.717, 1.165) is 0 Å². The number of carbonyl (C=O) groups excluding carboxylic acids is 2. The number of rotatable bonds is 6. The average Bonchev–Trinajstić information content (AvgIpc) is 2.77. The van der Waals surface area contributed by atoms with Gasteiger partial charge in [0.05, 0.1) is 0 Å². The number of aliphatic hydroxyl groups excluding tert-OH is 2. The Morgan fingerprint density at radius 1 is 0.613 bits per heavy atom. The molecule has 0 atom stereocenters. The van der Waals surface area contributed by atoms with Crippen LogP contribution in [-0.2, 0) is 26.7 Å². The van der Waals surface area contributed by atoms with Crippen molar-refractivity contribution in [2.75, 3.05) is 0 Å². The standard InChI is InChI=1S/2C13H16O2.Cu/c2*1-9(2)12(14)10(3)13(15)11-7-5-4-6-8-11;/h2*4-9,15H,1-3H3;/b2*13-10-;. The Morgan fingerprint density at radius 3 is 1.10 bits per heavy atom. The zero-order valence-electron chi connectivity index (χ0n) is 18.9. The smallest absolute Gasteiger partial charge is 0.164 e. The molecule has 5 heteroatoms. The van der Waals surface area contributed by atoms with E-state index in [1.165, 1.54) is 0 Å². The summed E-state index contributed by atoms with van der Waals surface area (Å²) in [5, 5.41) is 19.7. The van der Waals surface area contributed by atoms with Gasteiger partial charge in [-0.3, -0.25) is 9.59 Å². The monoisotopic (exact) mass is 471 g/mol. The van der Waals surface area contributed by atoms with Crippen LogP contribution in [0.15, 0.2) is 71.8 Å².